The molecule has 35 heavy (non-hydrogen) atoms. The maximum Gasteiger partial charge on any atom is 0.327 e. The summed E-state index contributed by atoms with van der Waals surface area (Å²) in [7, 11) is -4.27. The third kappa shape index (κ3) is 5.42. The summed E-state index contributed by atoms with van der Waals surface area (Å²) in [5.74, 6) is -0.292. The van der Waals surface area contributed by atoms with Gasteiger partial charge in [0.25, 0.3) is 10.0 Å². The zero-order valence-corrected chi connectivity index (χ0v) is 21.5. The molecule has 0 aliphatic rings. The Morgan fingerprint density at radius 2 is 1.69 bits per heavy atom. The van der Waals surface area contributed by atoms with Crippen LogP contribution >= 0.6 is 23.2 Å². The van der Waals surface area contributed by atoms with Gasteiger partial charge in [0.1, 0.15) is 12.1 Å². The van der Waals surface area contributed by atoms with E-state index in [-0.39, 0.29) is 20.6 Å². The highest BCUT2D eigenvalue weighted by atomic mass is 35.5. The summed E-state index contributed by atoms with van der Waals surface area (Å²) in [5.41, 5.74) is 0.132. The predicted octanol–water partition coefficient (Wildman–Crippen LogP) is 5.26. The van der Waals surface area contributed by atoms with E-state index < -0.39 is 28.1 Å². The van der Waals surface area contributed by atoms with Gasteiger partial charge in [-0.3, -0.25) is 13.7 Å². The summed E-state index contributed by atoms with van der Waals surface area (Å²) in [5, 5.41) is 0.873. The van der Waals surface area contributed by atoms with Crippen molar-refractivity contribution in [2.45, 2.75) is 31.3 Å². The fourth-order valence-electron chi connectivity index (χ4n) is 3.55. The van der Waals surface area contributed by atoms with E-state index >= 15 is 0 Å². The lowest BCUT2D eigenvalue weighted by molar-refractivity contribution is -0.152. The number of fused-ring (bicyclic) bond motifs is 1. The maximum atomic E-state index is 13.8. The molecule has 0 saturated heterocycles. The highest BCUT2D eigenvalue weighted by Gasteiger charge is 2.31. The van der Waals surface area contributed by atoms with Crippen molar-refractivity contribution in [3.05, 3.63) is 77.2 Å². The minimum absolute atomic E-state index is 0.151. The summed E-state index contributed by atoms with van der Waals surface area (Å²) in [6.45, 7) is 4.57. The van der Waals surface area contributed by atoms with E-state index in [0.717, 1.165) is 4.31 Å². The number of rotatable bonds is 6. The van der Waals surface area contributed by atoms with E-state index in [4.69, 9.17) is 27.9 Å². The minimum atomic E-state index is -4.27. The molecule has 0 amide bonds. The van der Waals surface area contributed by atoms with Crippen LogP contribution < -0.4 is 4.31 Å². The zero-order valence-electron chi connectivity index (χ0n) is 19.1. The molecule has 0 spiro atoms. The van der Waals surface area contributed by atoms with E-state index in [2.05, 4.69) is 9.97 Å². The Morgan fingerprint density at radius 1 is 1.03 bits per heavy atom. The molecule has 2 aromatic carbocycles. The summed E-state index contributed by atoms with van der Waals surface area (Å²) < 4.78 is 35.8. The van der Waals surface area contributed by atoms with E-state index in [1.807, 2.05) is 6.07 Å². The van der Waals surface area contributed by atoms with Crippen LogP contribution in [0.15, 0.2) is 72.0 Å². The van der Waals surface area contributed by atoms with Crippen molar-refractivity contribution >= 4 is 55.8 Å². The fourth-order valence-corrected chi connectivity index (χ4v) is 5.71. The van der Waals surface area contributed by atoms with Gasteiger partial charge in [-0.25, -0.2) is 18.4 Å². The van der Waals surface area contributed by atoms with Crippen LogP contribution in [0.5, 0.6) is 0 Å². The Kier molecular flexibility index (Phi) is 6.77. The Bertz CT molecular complexity index is 1480. The number of hydrogen-bond donors (Lipinski definition) is 0. The number of carbonyl (C=O) groups is 1. The summed E-state index contributed by atoms with van der Waals surface area (Å²) in [4.78, 5) is 21.2. The first kappa shape index (κ1) is 25.0. The van der Waals surface area contributed by atoms with Crippen LogP contribution in [-0.4, -0.2) is 41.1 Å². The first-order valence-electron chi connectivity index (χ1n) is 10.5. The highest BCUT2D eigenvalue weighted by molar-refractivity contribution is 7.92. The van der Waals surface area contributed by atoms with Crippen LogP contribution in [-0.2, 0) is 19.6 Å². The number of ether oxygens (including phenoxy) is 1. The van der Waals surface area contributed by atoms with Crippen LogP contribution in [0.4, 0.5) is 5.69 Å². The van der Waals surface area contributed by atoms with Gasteiger partial charge in [0.2, 0.25) is 5.95 Å². The molecule has 182 valence electrons. The Morgan fingerprint density at radius 3 is 2.31 bits per heavy atom. The molecule has 0 aliphatic carbocycles. The van der Waals surface area contributed by atoms with E-state index in [0.29, 0.717) is 16.9 Å². The first-order chi connectivity index (χ1) is 16.5. The molecule has 8 nitrogen and oxygen atoms in total. The number of halogens is 2. The molecule has 0 aliphatic heterocycles. The maximum absolute atomic E-state index is 13.8. The summed E-state index contributed by atoms with van der Waals surface area (Å²) in [6, 6.07) is 12.6. The number of esters is 1. The molecule has 0 bridgehead atoms. The van der Waals surface area contributed by atoms with Crippen molar-refractivity contribution in [1.29, 1.82) is 0 Å². The molecule has 0 fully saturated rings. The van der Waals surface area contributed by atoms with Crippen molar-refractivity contribution in [2.75, 3.05) is 10.8 Å². The van der Waals surface area contributed by atoms with Gasteiger partial charge in [-0.2, -0.15) is 0 Å². The molecular weight excluding hydrogens is 511 g/mol. The molecule has 0 unspecified atom stereocenters. The lowest BCUT2D eigenvalue weighted by atomic mass is 10.2. The molecule has 11 heteroatoms. The molecule has 2 heterocycles. The van der Waals surface area contributed by atoms with Crippen molar-refractivity contribution in [3.8, 4) is 5.95 Å². The van der Waals surface area contributed by atoms with Crippen molar-refractivity contribution in [1.82, 2.24) is 14.5 Å². The molecule has 0 radical (unpaired) electrons. The van der Waals surface area contributed by atoms with Gasteiger partial charge in [-0.15, -0.1) is 0 Å². The second-order valence-electron chi connectivity index (χ2n) is 8.65. The van der Waals surface area contributed by atoms with Gasteiger partial charge < -0.3 is 4.74 Å². The quantitative estimate of drug-likeness (QED) is 0.314. The normalized spacial score (nSPS) is 12.0. The monoisotopic (exact) mass is 532 g/mol. The van der Waals surface area contributed by atoms with Crippen LogP contribution in [0.2, 0.25) is 10.0 Å². The number of nitrogens with zero attached hydrogens (tertiary/aromatic N) is 4. The number of hydrogen-bond acceptors (Lipinski definition) is 6. The van der Waals surface area contributed by atoms with Crippen molar-refractivity contribution in [2.24, 2.45) is 0 Å². The van der Waals surface area contributed by atoms with E-state index in [1.165, 1.54) is 18.2 Å². The molecule has 4 rings (SSSR count). The molecular formula is C24H22Cl2N4O4S. The lowest BCUT2D eigenvalue weighted by Crippen LogP contribution is -2.39. The lowest BCUT2D eigenvalue weighted by Gasteiger charge is -2.27. The standard InChI is InChI=1S/C24H22Cl2N4O4S/c1-24(2,3)34-22(31)15-30(35(32,33)18-13-16(25)12-17(26)14-18)21-7-4-6-20-19(21)8-11-29(20)23-27-9-5-10-28-23/h4-14H,15H2,1-3H3. The van der Waals surface area contributed by atoms with Gasteiger partial charge in [-0.05, 0) is 63.2 Å². The predicted molar refractivity (Wildman–Crippen MR) is 136 cm³/mol. The second kappa shape index (κ2) is 9.49. The van der Waals surface area contributed by atoms with Gasteiger partial charge >= 0.3 is 5.97 Å². The largest absolute Gasteiger partial charge is 0.459 e. The van der Waals surface area contributed by atoms with E-state index in [1.54, 1.807) is 68.2 Å². The van der Waals surface area contributed by atoms with Crippen LogP contribution in [0.3, 0.4) is 0 Å². The Labute approximate surface area is 213 Å². The Balaban J connectivity index is 1.88. The number of anilines is 1. The SMILES string of the molecule is CC(C)(C)OC(=O)CN(c1cccc2c1ccn2-c1ncccn1)S(=O)(=O)c1cc(Cl)cc(Cl)c1. The zero-order chi connectivity index (χ0) is 25.4. The van der Waals surface area contributed by atoms with Gasteiger partial charge in [0.05, 0.1) is 16.1 Å². The number of sulfonamides is 1. The number of aromatic nitrogens is 3. The third-order valence-electron chi connectivity index (χ3n) is 4.86. The van der Waals surface area contributed by atoms with Crippen LogP contribution in [0.25, 0.3) is 16.9 Å². The van der Waals surface area contributed by atoms with E-state index in [9.17, 15) is 13.2 Å². The average molecular weight is 533 g/mol. The van der Waals surface area contributed by atoms with Crippen molar-refractivity contribution < 1.29 is 17.9 Å². The van der Waals surface area contributed by atoms with Gasteiger partial charge in [0, 0.05) is 34.0 Å². The molecule has 0 N–H and O–H groups in total. The summed E-state index contributed by atoms with van der Waals surface area (Å²) in [6.07, 6.45) is 4.96. The first-order valence-corrected chi connectivity index (χ1v) is 12.7. The highest BCUT2D eigenvalue weighted by Crippen LogP contribution is 2.34. The van der Waals surface area contributed by atoms with Gasteiger partial charge in [0.15, 0.2) is 0 Å². The third-order valence-corrected chi connectivity index (χ3v) is 7.04. The average Bonchev–Trinajstić information content (AvgIpc) is 3.20. The fraction of sp³-hybridized carbons (Fsp3) is 0.208. The molecule has 0 atom stereocenters. The minimum Gasteiger partial charge on any atom is -0.459 e. The molecule has 4 aromatic rings. The van der Waals surface area contributed by atoms with Crippen LogP contribution in [0.1, 0.15) is 20.8 Å². The number of benzene rings is 2. The second-order valence-corrected chi connectivity index (χ2v) is 11.4. The number of carbonyl (C=O) groups excluding carboxylic acids is 1. The molecule has 0 saturated carbocycles. The summed E-state index contributed by atoms with van der Waals surface area (Å²) >= 11 is 12.2. The molecule has 2 aromatic heterocycles. The topological polar surface area (TPSA) is 94.4 Å². The van der Waals surface area contributed by atoms with Crippen LogP contribution in [0, 0.1) is 0 Å². The smallest absolute Gasteiger partial charge is 0.327 e. The Hall–Kier alpha value is -3.14. The van der Waals surface area contributed by atoms with Crippen molar-refractivity contribution in [3.63, 3.8) is 0 Å². The van der Waals surface area contributed by atoms with Gasteiger partial charge in [-0.1, -0.05) is 29.3 Å².